The highest BCUT2D eigenvalue weighted by Gasteiger charge is 2.16. The summed E-state index contributed by atoms with van der Waals surface area (Å²) in [5.41, 5.74) is 8.75. The van der Waals surface area contributed by atoms with Crippen LogP contribution in [0.4, 0.5) is 5.95 Å². The molecule has 0 spiro atoms. The van der Waals surface area contributed by atoms with Gasteiger partial charge < -0.3 is 15.8 Å². The first kappa shape index (κ1) is 20.5. The van der Waals surface area contributed by atoms with Crippen LogP contribution in [-0.4, -0.2) is 14.8 Å². The van der Waals surface area contributed by atoms with Gasteiger partial charge in [-0.25, -0.2) is 0 Å². The Labute approximate surface area is 175 Å². The summed E-state index contributed by atoms with van der Waals surface area (Å²) >= 11 is 6.47. The first-order valence-electron chi connectivity index (χ1n) is 9.20. The molecule has 1 atom stereocenters. The van der Waals surface area contributed by atoms with Crippen molar-refractivity contribution in [2.45, 2.75) is 26.5 Å². The largest absolute Gasteiger partial charge is 0.489 e. The Morgan fingerprint density at radius 3 is 2.66 bits per heavy atom. The Balaban J connectivity index is 1.78. The third-order valence-corrected chi connectivity index (χ3v) is 4.83. The van der Waals surface area contributed by atoms with Crippen molar-refractivity contribution in [1.82, 2.24) is 20.1 Å². The molecular formula is C22H24ClN5O. The molecule has 0 aliphatic carbocycles. The summed E-state index contributed by atoms with van der Waals surface area (Å²) in [4.78, 5) is 3.97. The van der Waals surface area contributed by atoms with Crippen LogP contribution in [-0.2, 0) is 6.61 Å². The van der Waals surface area contributed by atoms with Gasteiger partial charge in [0, 0.05) is 0 Å². The lowest BCUT2D eigenvalue weighted by atomic mass is 10.1. The molecule has 6 nitrogen and oxygen atoms in total. The quantitative estimate of drug-likeness (QED) is 0.526. The second-order valence-corrected chi connectivity index (χ2v) is 7.06. The molecule has 3 N–H and O–H groups in total. The van der Waals surface area contributed by atoms with Crippen LogP contribution >= 0.6 is 11.6 Å². The van der Waals surface area contributed by atoms with Crippen LogP contribution in [0.5, 0.6) is 5.75 Å². The highest BCUT2D eigenvalue weighted by molar-refractivity contribution is 6.34. The molecule has 1 heterocycles. The number of nitrogens with two attached hydrogens (primary N) is 1. The minimum Gasteiger partial charge on any atom is -0.489 e. The van der Waals surface area contributed by atoms with E-state index in [1.54, 1.807) is 0 Å². The molecule has 7 heteroatoms. The van der Waals surface area contributed by atoms with Gasteiger partial charge in [-0.2, -0.15) is 14.8 Å². The van der Waals surface area contributed by atoms with Crippen molar-refractivity contribution in [2.24, 2.45) is 0 Å². The van der Waals surface area contributed by atoms with Crippen LogP contribution in [0.2, 0.25) is 0 Å². The van der Waals surface area contributed by atoms with Gasteiger partial charge in [-0.3, -0.25) is 0 Å². The third kappa shape index (κ3) is 5.18. The molecule has 29 heavy (non-hydrogen) atoms. The maximum Gasteiger partial charge on any atom is 0.224 e. The van der Waals surface area contributed by atoms with Gasteiger partial charge in [0.2, 0.25) is 5.95 Å². The molecule has 0 radical (unpaired) electrons. The van der Waals surface area contributed by atoms with Gasteiger partial charge in [-0.05, 0) is 42.7 Å². The monoisotopic (exact) mass is 409 g/mol. The van der Waals surface area contributed by atoms with E-state index in [-0.39, 0.29) is 12.0 Å². The number of nitrogens with one attached hydrogen (secondary N) is 1. The van der Waals surface area contributed by atoms with Gasteiger partial charge in [0.15, 0.2) is 5.82 Å². The molecule has 0 aliphatic heterocycles. The van der Waals surface area contributed by atoms with Gasteiger partial charge in [-0.1, -0.05) is 60.6 Å². The molecular weight excluding hydrogens is 386 g/mol. The molecule has 3 aromatic rings. The summed E-state index contributed by atoms with van der Waals surface area (Å²) in [6.07, 6.45) is 1.38. The highest BCUT2D eigenvalue weighted by Crippen LogP contribution is 2.26. The number of rotatable bonds is 8. The van der Waals surface area contributed by atoms with Crippen molar-refractivity contribution >= 4 is 23.4 Å². The minimum atomic E-state index is -0.0954. The Bertz CT molecular complexity index is 1010. The molecule has 1 aromatic heterocycles. The average Bonchev–Trinajstić information content (AvgIpc) is 3.16. The molecule has 0 bridgehead atoms. The maximum absolute atomic E-state index is 6.47. The number of nitrogens with zero attached hydrogens (tertiary/aromatic N) is 3. The van der Waals surface area contributed by atoms with E-state index in [0.29, 0.717) is 23.0 Å². The SMILES string of the molecule is C=C(C)/C(Cl)=C(/N[C@@H](C)c1cccc(OCc2ccccc2)c1)n1ncnc1N. The highest BCUT2D eigenvalue weighted by atomic mass is 35.5. The van der Waals surface area contributed by atoms with E-state index in [1.165, 1.54) is 11.0 Å². The fraction of sp³-hybridized carbons (Fsp3) is 0.182. The summed E-state index contributed by atoms with van der Waals surface area (Å²) in [6.45, 7) is 8.26. The van der Waals surface area contributed by atoms with Gasteiger partial charge in [-0.15, -0.1) is 0 Å². The fourth-order valence-electron chi connectivity index (χ4n) is 2.75. The van der Waals surface area contributed by atoms with E-state index in [2.05, 4.69) is 22.0 Å². The Morgan fingerprint density at radius 2 is 2.00 bits per heavy atom. The number of nitrogen functional groups attached to an aromatic ring is 1. The van der Waals surface area contributed by atoms with Gasteiger partial charge in [0.05, 0.1) is 11.1 Å². The van der Waals surface area contributed by atoms with Crippen molar-refractivity contribution in [3.8, 4) is 5.75 Å². The zero-order valence-electron chi connectivity index (χ0n) is 16.5. The lowest BCUT2D eigenvalue weighted by Crippen LogP contribution is -2.24. The molecule has 3 rings (SSSR count). The molecule has 0 unspecified atom stereocenters. The van der Waals surface area contributed by atoms with Crippen LogP contribution < -0.4 is 15.8 Å². The zero-order valence-corrected chi connectivity index (χ0v) is 17.2. The van der Waals surface area contributed by atoms with E-state index in [0.717, 1.165) is 16.9 Å². The topological polar surface area (TPSA) is 78.0 Å². The summed E-state index contributed by atoms with van der Waals surface area (Å²) in [7, 11) is 0. The second kappa shape index (κ2) is 9.30. The number of allylic oxidation sites excluding steroid dienone is 2. The second-order valence-electron chi connectivity index (χ2n) is 6.69. The van der Waals surface area contributed by atoms with Crippen LogP contribution in [0.25, 0.3) is 5.82 Å². The van der Waals surface area contributed by atoms with Crippen LogP contribution in [0.3, 0.4) is 0 Å². The predicted molar refractivity (Wildman–Crippen MR) is 117 cm³/mol. The minimum absolute atomic E-state index is 0.0954. The lowest BCUT2D eigenvalue weighted by molar-refractivity contribution is 0.305. The Morgan fingerprint density at radius 1 is 1.24 bits per heavy atom. The van der Waals surface area contributed by atoms with Gasteiger partial charge in [0.25, 0.3) is 0 Å². The Kier molecular flexibility index (Phi) is 6.57. The van der Waals surface area contributed by atoms with Crippen LogP contribution in [0, 0.1) is 0 Å². The lowest BCUT2D eigenvalue weighted by Gasteiger charge is -2.21. The van der Waals surface area contributed by atoms with Gasteiger partial charge >= 0.3 is 0 Å². The number of ether oxygens (including phenoxy) is 1. The summed E-state index contributed by atoms with van der Waals surface area (Å²) < 4.78 is 7.40. The predicted octanol–water partition coefficient (Wildman–Crippen LogP) is 4.73. The maximum atomic E-state index is 6.47. The number of aromatic nitrogens is 3. The van der Waals surface area contributed by atoms with Crippen LogP contribution in [0.1, 0.15) is 31.0 Å². The Hall–Kier alpha value is -3.25. The first-order chi connectivity index (χ1) is 14.0. The molecule has 0 saturated heterocycles. The molecule has 0 amide bonds. The normalized spacial score (nSPS) is 12.8. The average molecular weight is 410 g/mol. The van der Waals surface area contributed by atoms with Crippen molar-refractivity contribution < 1.29 is 4.74 Å². The molecule has 0 fully saturated rings. The fourth-order valence-corrected chi connectivity index (χ4v) is 2.88. The van der Waals surface area contributed by atoms with E-state index < -0.39 is 0 Å². The van der Waals surface area contributed by atoms with E-state index >= 15 is 0 Å². The number of hydrogen-bond acceptors (Lipinski definition) is 5. The van der Waals surface area contributed by atoms with Crippen molar-refractivity contribution in [3.05, 3.63) is 89.2 Å². The molecule has 2 aromatic carbocycles. The molecule has 0 aliphatic rings. The van der Waals surface area contributed by atoms with E-state index in [4.69, 9.17) is 22.1 Å². The summed E-state index contributed by atoms with van der Waals surface area (Å²) in [5.74, 6) is 1.55. The van der Waals surface area contributed by atoms with Crippen molar-refractivity contribution in [3.63, 3.8) is 0 Å². The first-order valence-corrected chi connectivity index (χ1v) is 9.58. The van der Waals surface area contributed by atoms with Crippen molar-refractivity contribution in [2.75, 3.05) is 5.73 Å². The smallest absolute Gasteiger partial charge is 0.224 e. The van der Waals surface area contributed by atoms with Crippen LogP contribution in [0.15, 0.2) is 78.1 Å². The third-order valence-electron chi connectivity index (χ3n) is 4.33. The molecule has 150 valence electrons. The number of benzene rings is 2. The molecule has 0 saturated carbocycles. The van der Waals surface area contributed by atoms with Crippen molar-refractivity contribution in [1.29, 1.82) is 0 Å². The van der Waals surface area contributed by atoms with E-state index in [9.17, 15) is 0 Å². The standard InChI is InChI=1S/C22H24ClN5O/c1-15(2)20(23)21(28-22(24)25-14-26-28)27-16(3)18-10-7-11-19(12-18)29-13-17-8-5-4-6-9-17/h4-12,14,16,27H,1,13H2,2-3H3,(H2,24,25,26)/b21-20+/t16-/m0/s1. The summed E-state index contributed by atoms with van der Waals surface area (Å²) in [6, 6.07) is 17.9. The van der Waals surface area contributed by atoms with E-state index in [1.807, 2.05) is 68.4 Å². The number of hydrogen-bond donors (Lipinski definition) is 2. The van der Waals surface area contributed by atoms with Gasteiger partial charge in [0.1, 0.15) is 18.7 Å². The number of halogens is 1. The zero-order chi connectivity index (χ0) is 20.8. The number of anilines is 1. The summed E-state index contributed by atoms with van der Waals surface area (Å²) in [5, 5.41) is 7.96.